The third kappa shape index (κ3) is 4.81. The van der Waals surface area contributed by atoms with Gasteiger partial charge in [0.2, 0.25) is 0 Å². The minimum absolute atomic E-state index is 0.401. The Kier molecular flexibility index (Phi) is 5.39. The van der Waals surface area contributed by atoms with Gasteiger partial charge in [0.25, 0.3) is 5.91 Å². The van der Waals surface area contributed by atoms with Crippen molar-refractivity contribution in [2.45, 2.75) is 6.18 Å². The molecule has 0 saturated carbocycles. The molecule has 0 unspecified atom stereocenters. The topological polar surface area (TPSA) is 64.9 Å². The first-order chi connectivity index (χ1) is 11.8. The van der Waals surface area contributed by atoms with Crippen LogP contribution in [0.25, 0.3) is 0 Å². The highest BCUT2D eigenvalue weighted by Crippen LogP contribution is 2.34. The monoisotopic (exact) mass is 349 g/mol. The van der Waals surface area contributed by atoms with Crippen LogP contribution in [-0.2, 0) is 11.0 Å². The highest BCUT2D eigenvalue weighted by atomic mass is 19.4. The highest BCUT2D eigenvalue weighted by Gasteiger charge is 2.33. The molecule has 0 atom stereocenters. The molecule has 0 aliphatic carbocycles. The number of carbonyl (C=O) groups is 1. The van der Waals surface area contributed by atoms with Crippen LogP contribution < -0.4 is 10.6 Å². The van der Waals surface area contributed by atoms with Gasteiger partial charge in [0, 0.05) is 11.9 Å². The van der Waals surface area contributed by atoms with E-state index in [1.54, 1.807) is 6.07 Å². The molecule has 2 aromatic rings. The van der Waals surface area contributed by atoms with E-state index < -0.39 is 34.7 Å². The molecule has 1 amide bonds. The zero-order valence-electron chi connectivity index (χ0n) is 12.6. The van der Waals surface area contributed by atoms with Crippen molar-refractivity contribution in [2.75, 3.05) is 10.6 Å². The summed E-state index contributed by atoms with van der Waals surface area (Å²) >= 11 is 0. The van der Waals surface area contributed by atoms with Gasteiger partial charge in [0.05, 0.1) is 11.3 Å². The van der Waals surface area contributed by atoms with Gasteiger partial charge in [-0.1, -0.05) is 12.1 Å². The van der Waals surface area contributed by atoms with E-state index in [1.165, 1.54) is 36.4 Å². The van der Waals surface area contributed by atoms with Gasteiger partial charge in [-0.05, 0) is 36.4 Å². The van der Waals surface area contributed by atoms with Gasteiger partial charge in [-0.15, -0.1) is 0 Å². The van der Waals surface area contributed by atoms with Crippen LogP contribution in [0.15, 0.2) is 60.3 Å². The summed E-state index contributed by atoms with van der Waals surface area (Å²) in [4.78, 5) is 12.0. The number of hydrogen-bond donors (Lipinski definition) is 2. The molecular weight excluding hydrogens is 338 g/mol. The van der Waals surface area contributed by atoms with E-state index in [4.69, 9.17) is 5.26 Å². The normalized spacial score (nSPS) is 11.6. The molecule has 8 heteroatoms. The highest BCUT2D eigenvalue weighted by molar-refractivity contribution is 6.07. The number of nitrogens with zero attached hydrogens (tertiary/aromatic N) is 1. The molecule has 0 spiro atoms. The molecule has 2 rings (SSSR count). The molecular formula is C17H11F4N3O. The Morgan fingerprint density at radius 3 is 2.32 bits per heavy atom. The van der Waals surface area contributed by atoms with E-state index in [9.17, 15) is 22.4 Å². The molecule has 4 nitrogen and oxygen atoms in total. The van der Waals surface area contributed by atoms with E-state index in [2.05, 4.69) is 10.6 Å². The summed E-state index contributed by atoms with van der Waals surface area (Å²) in [7, 11) is 0. The molecule has 0 aliphatic rings. The Balaban J connectivity index is 2.17. The maximum Gasteiger partial charge on any atom is 0.418 e. The average molecular weight is 349 g/mol. The van der Waals surface area contributed by atoms with Crippen molar-refractivity contribution in [2.24, 2.45) is 0 Å². The number of para-hydroxylation sites is 1. The zero-order chi connectivity index (χ0) is 18.4. The van der Waals surface area contributed by atoms with Gasteiger partial charge in [-0.2, -0.15) is 18.4 Å². The van der Waals surface area contributed by atoms with Crippen molar-refractivity contribution in [1.82, 2.24) is 0 Å². The number of carbonyl (C=O) groups excluding carboxylic acids is 1. The van der Waals surface area contributed by atoms with Crippen molar-refractivity contribution in [1.29, 1.82) is 5.26 Å². The number of rotatable bonds is 4. The number of nitriles is 1. The molecule has 0 bridgehead atoms. The summed E-state index contributed by atoms with van der Waals surface area (Å²) in [5.74, 6) is -1.47. The Labute approximate surface area is 140 Å². The van der Waals surface area contributed by atoms with Gasteiger partial charge in [0.15, 0.2) is 0 Å². The summed E-state index contributed by atoms with van der Waals surface area (Å²) in [6.45, 7) is 0. The fourth-order valence-electron chi connectivity index (χ4n) is 1.88. The van der Waals surface area contributed by atoms with Crippen molar-refractivity contribution in [3.63, 3.8) is 0 Å². The zero-order valence-corrected chi connectivity index (χ0v) is 12.6. The molecule has 2 N–H and O–H groups in total. The SMILES string of the molecule is N#C/C(=C/Nc1ccc(F)cc1)C(=O)Nc1ccccc1C(F)(F)F. The number of anilines is 2. The van der Waals surface area contributed by atoms with Gasteiger partial charge >= 0.3 is 6.18 Å². The molecule has 25 heavy (non-hydrogen) atoms. The number of amides is 1. The third-order valence-electron chi connectivity index (χ3n) is 3.07. The van der Waals surface area contributed by atoms with Crippen molar-refractivity contribution in [3.8, 4) is 6.07 Å². The van der Waals surface area contributed by atoms with Crippen molar-refractivity contribution >= 4 is 17.3 Å². The minimum Gasteiger partial charge on any atom is -0.360 e. The van der Waals surface area contributed by atoms with Crippen LogP contribution in [0.5, 0.6) is 0 Å². The maximum atomic E-state index is 12.9. The second-order valence-corrected chi connectivity index (χ2v) is 4.82. The van der Waals surface area contributed by atoms with Crippen LogP contribution in [0.2, 0.25) is 0 Å². The number of benzene rings is 2. The van der Waals surface area contributed by atoms with Gasteiger partial charge in [-0.25, -0.2) is 4.39 Å². The Bertz CT molecular complexity index is 836. The van der Waals surface area contributed by atoms with E-state index in [1.807, 2.05) is 0 Å². The van der Waals surface area contributed by atoms with Crippen molar-refractivity contribution < 1.29 is 22.4 Å². The van der Waals surface area contributed by atoms with Crippen molar-refractivity contribution in [3.05, 3.63) is 71.7 Å². The quantitative estimate of drug-likeness (QED) is 0.491. The predicted molar refractivity (Wildman–Crippen MR) is 83.8 cm³/mol. The average Bonchev–Trinajstić information content (AvgIpc) is 2.56. The van der Waals surface area contributed by atoms with Gasteiger partial charge in [0.1, 0.15) is 17.5 Å². The first-order valence-electron chi connectivity index (χ1n) is 6.91. The van der Waals surface area contributed by atoms with E-state index >= 15 is 0 Å². The molecule has 128 valence electrons. The first kappa shape index (κ1) is 18.0. The second kappa shape index (κ2) is 7.49. The standard InChI is InChI=1S/C17H11F4N3O/c18-12-5-7-13(8-6-12)23-10-11(9-22)16(25)24-15-4-2-1-3-14(15)17(19,20)21/h1-8,10,23H,(H,24,25)/b11-10-. The maximum absolute atomic E-state index is 12.9. The molecule has 0 aromatic heterocycles. The lowest BCUT2D eigenvalue weighted by atomic mass is 10.1. The molecule has 0 radical (unpaired) electrons. The minimum atomic E-state index is -4.65. The molecule has 0 fully saturated rings. The number of alkyl halides is 3. The smallest absolute Gasteiger partial charge is 0.360 e. The van der Waals surface area contributed by atoms with E-state index in [0.29, 0.717) is 5.69 Å². The van der Waals surface area contributed by atoms with Gasteiger partial charge in [-0.3, -0.25) is 4.79 Å². The molecule has 0 heterocycles. The first-order valence-corrected chi connectivity index (χ1v) is 6.91. The second-order valence-electron chi connectivity index (χ2n) is 4.82. The molecule has 2 aromatic carbocycles. The summed E-state index contributed by atoms with van der Waals surface area (Å²) in [6, 6.07) is 11.1. The lowest BCUT2D eigenvalue weighted by Gasteiger charge is -2.13. The molecule has 0 aliphatic heterocycles. The van der Waals surface area contributed by atoms with E-state index in [0.717, 1.165) is 18.3 Å². The molecule has 0 saturated heterocycles. The Morgan fingerprint density at radius 2 is 1.72 bits per heavy atom. The van der Waals surface area contributed by atoms with Gasteiger partial charge < -0.3 is 10.6 Å². The summed E-state index contributed by atoms with van der Waals surface area (Å²) in [5, 5.41) is 13.7. The fourth-order valence-corrected chi connectivity index (χ4v) is 1.88. The summed E-state index contributed by atoms with van der Waals surface area (Å²) in [5.41, 5.74) is -1.52. The lowest BCUT2D eigenvalue weighted by Crippen LogP contribution is -2.18. The fraction of sp³-hybridized carbons (Fsp3) is 0.0588. The largest absolute Gasteiger partial charge is 0.418 e. The third-order valence-corrected chi connectivity index (χ3v) is 3.07. The number of hydrogen-bond acceptors (Lipinski definition) is 3. The predicted octanol–water partition coefficient (Wildman–Crippen LogP) is 4.30. The Hall–Kier alpha value is -3.34. The number of nitrogens with one attached hydrogen (secondary N) is 2. The van der Waals surface area contributed by atoms with Crippen LogP contribution in [0.1, 0.15) is 5.56 Å². The van der Waals surface area contributed by atoms with Crippen LogP contribution in [-0.4, -0.2) is 5.91 Å². The van der Waals surface area contributed by atoms with Crippen LogP contribution in [0.4, 0.5) is 28.9 Å². The van der Waals surface area contributed by atoms with E-state index in [-0.39, 0.29) is 0 Å². The van der Waals surface area contributed by atoms with Crippen LogP contribution in [0.3, 0.4) is 0 Å². The van der Waals surface area contributed by atoms with Crippen LogP contribution in [0, 0.1) is 17.1 Å². The lowest BCUT2D eigenvalue weighted by molar-refractivity contribution is -0.137. The Morgan fingerprint density at radius 1 is 1.08 bits per heavy atom. The summed E-state index contributed by atoms with van der Waals surface area (Å²) < 4.78 is 51.5. The van der Waals surface area contributed by atoms with Crippen LogP contribution >= 0.6 is 0 Å². The number of halogens is 4. The summed E-state index contributed by atoms with van der Waals surface area (Å²) in [6.07, 6.45) is -3.62.